The Morgan fingerprint density at radius 2 is 1.35 bits per heavy atom. The van der Waals surface area contributed by atoms with Gasteiger partial charge in [-0.1, -0.05) is 57.6 Å². The van der Waals surface area contributed by atoms with Gasteiger partial charge in [0.1, 0.15) is 0 Å². The molecule has 0 aromatic rings. The quantitative estimate of drug-likeness (QED) is 0.336. The number of hydrogen-bond acceptors (Lipinski definition) is 1. The highest BCUT2D eigenvalue weighted by atomic mass is 16.1. The van der Waals surface area contributed by atoms with Gasteiger partial charge in [0.25, 0.3) is 0 Å². The predicted molar refractivity (Wildman–Crippen MR) is 88.9 cm³/mol. The Balaban J connectivity index is 3.12. The standard InChI is InChI=1S/C18H35NO/c1-3-5-6-7-8-9-10-11-12-13-14-15-16-17-18(20)19-4-2/h9-10H,3-8,11-17H2,1-2H3,(H,19,20). The van der Waals surface area contributed by atoms with Crippen molar-refractivity contribution in [1.29, 1.82) is 0 Å². The molecule has 0 fully saturated rings. The Bertz CT molecular complexity index is 236. The first-order valence-corrected chi connectivity index (χ1v) is 8.73. The number of carbonyl (C=O) groups is 1. The highest BCUT2D eigenvalue weighted by Gasteiger charge is 1.98. The Morgan fingerprint density at radius 3 is 1.95 bits per heavy atom. The van der Waals surface area contributed by atoms with Crippen LogP contribution in [0.1, 0.15) is 90.9 Å². The van der Waals surface area contributed by atoms with Crippen molar-refractivity contribution in [1.82, 2.24) is 5.32 Å². The maximum absolute atomic E-state index is 11.2. The molecule has 0 saturated carbocycles. The van der Waals surface area contributed by atoms with Gasteiger partial charge in [0.15, 0.2) is 0 Å². The second-order valence-corrected chi connectivity index (χ2v) is 5.58. The molecule has 0 saturated heterocycles. The summed E-state index contributed by atoms with van der Waals surface area (Å²) in [6.45, 7) is 4.98. The van der Waals surface area contributed by atoms with Crippen molar-refractivity contribution in [2.45, 2.75) is 90.9 Å². The first-order chi connectivity index (χ1) is 9.81. The summed E-state index contributed by atoms with van der Waals surface area (Å²) in [5, 5.41) is 2.84. The van der Waals surface area contributed by atoms with Crippen LogP contribution in [-0.2, 0) is 4.79 Å². The van der Waals surface area contributed by atoms with E-state index in [1.807, 2.05) is 6.92 Å². The molecule has 0 heterocycles. The number of carbonyl (C=O) groups excluding carboxylic acids is 1. The molecule has 0 aromatic heterocycles. The first-order valence-electron chi connectivity index (χ1n) is 8.73. The van der Waals surface area contributed by atoms with Gasteiger partial charge in [-0.3, -0.25) is 4.79 Å². The van der Waals surface area contributed by atoms with E-state index in [0.29, 0.717) is 6.42 Å². The fourth-order valence-corrected chi connectivity index (χ4v) is 2.29. The number of amides is 1. The molecule has 0 bridgehead atoms. The van der Waals surface area contributed by atoms with Crippen LogP contribution in [0.15, 0.2) is 12.2 Å². The summed E-state index contributed by atoms with van der Waals surface area (Å²) in [5.41, 5.74) is 0. The van der Waals surface area contributed by atoms with E-state index in [4.69, 9.17) is 0 Å². The third kappa shape index (κ3) is 15.3. The van der Waals surface area contributed by atoms with E-state index in [0.717, 1.165) is 13.0 Å². The first kappa shape index (κ1) is 19.2. The van der Waals surface area contributed by atoms with Gasteiger partial charge >= 0.3 is 0 Å². The van der Waals surface area contributed by atoms with Gasteiger partial charge < -0.3 is 5.32 Å². The number of allylic oxidation sites excluding steroid dienone is 2. The van der Waals surface area contributed by atoms with Gasteiger partial charge in [-0.05, 0) is 39.0 Å². The van der Waals surface area contributed by atoms with Gasteiger partial charge in [-0.2, -0.15) is 0 Å². The number of unbranched alkanes of at least 4 members (excludes halogenated alkanes) is 9. The van der Waals surface area contributed by atoms with E-state index in [1.165, 1.54) is 64.2 Å². The molecule has 2 heteroatoms. The van der Waals surface area contributed by atoms with E-state index >= 15 is 0 Å². The molecule has 0 radical (unpaired) electrons. The lowest BCUT2D eigenvalue weighted by Gasteiger charge is -2.02. The van der Waals surface area contributed by atoms with Crippen LogP contribution in [0.4, 0.5) is 0 Å². The zero-order valence-corrected chi connectivity index (χ0v) is 13.8. The molecule has 2 nitrogen and oxygen atoms in total. The van der Waals surface area contributed by atoms with Gasteiger partial charge in [0.2, 0.25) is 5.91 Å². The second-order valence-electron chi connectivity index (χ2n) is 5.58. The molecule has 0 aliphatic carbocycles. The molecular formula is C18H35NO. The zero-order chi connectivity index (χ0) is 14.9. The molecule has 0 aliphatic rings. The summed E-state index contributed by atoms with van der Waals surface area (Å²) in [6.07, 6.45) is 19.4. The van der Waals surface area contributed by atoms with Crippen LogP contribution in [0.5, 0.6) is 0 Å². The van der Waals surface area contributed by atoms with E-state index in [9.17, 15) is 4.79 Å². The highest BCUT2D eigenvalue weighted by Crippen LogP contribution is 2.08. The average molecular weight is 281 g/mol. The molecule has 0 spiro atoms. The smallest absolute Gasteiger partial charge is 0.219 e. The number of nitrogens with one attached hydrogen (secondary N) is 1. The Labute approximate surface area is 126 Å². The van der Waals surface area contributed by atoms with Crippen LogP contribution in [0, 0.1) is 0 Å². The summed E-state index contributed by atoms with van der Waals surface area (Å²) < 4.78 is 0. The van der Waals surface area contributed by atoms with Crippen LogP contribution < -0.4 is 5.32 Å². The van der Waals surface area contributed by atoms with Crippen molar-refractivity contribution >= 4 is 5.91 Å². The number of hydrogen-bond donors (Lipinski definition) is 1. The molecular weight excluding hydrogens is 246 g/mol. The second kappa shape index (κ2) is 16.3. The van der Waals surface area contributed by atoms with Gasteiger partial charge in [-0.25, -0.2) is 0 Å². The molecule has 20 heavy (non-hydrogen) atoms. The van der Waals surface area contributed by atoms with E-state index < -0.39 is 0 Å². The normalized spacial score (nSPS) is 11.1. The van der Waals surface area contributed by atoms with Gasteiger partial charge in [0.05, 0.1) is 0 Å². The lowest BCUT2D eigenvalue weighted by molar-refractivity contribution is -0.121. The summed E-state index contributed by atoms with van der Waals surface area (Å²) in [4.78, 5) is 11.2. The van der Waals surface area contributed by atoms with Crippen LogP contribution in [-0.4, -0.2) is 12.5 Å². The minimum atomic E-state index is 0.207. The van der Waals surface area contributed by atoms with Crippen molar-refractivity contribution in [2.24, 2.45) is 0 Å². The molecule has 0 unspecified atom stereocenters. The predicted octanol–water partition coefficient (Wildman–Crippen LogP) is 5.38. The average Bonchev–Trinajstić information content (AvgIpc) is 2.44. The largest absolute Gasteiger partial charge is 0.356 e. The maximum Gasteiger partial charge on any atom is 0.219 e. The van der Waals surface area contributed by atoms with Crippen LogP contribution >= 0.6 is 0 Å². The minimum Gasteiger partial charge on any atom is -0.356 e. The van der Waals surface area contributed by atoms with E-state index in [-0.39, 0.29) is 5.91 Å². The minimum absolute atomic E-state index is 0.207. The summed E-state index contributed by atoms with van der Waals surface area (Å²) in [5.74, 6) is 0.207. The fraction of sp³-hybridized carbons (Fsp3) is 0.833. The molecule has 0 atom stereocenters. The Hall–Kier alpha value is -0.790. The molecule has 1 amide bonds. The maximum atomic E-state index is 11.2. The van der Waals surface area contributed by atoms with Crippen LogP contribution in [0.3, 0.4) is 0 Å². The number of rotatable bonds is 14. The van der Waals surface area contributed by atoms with Crippen LogP contribution in [0.25, 0.3) is 0 Å². The molecule has 0 rings (SSSR count). The van der Waals surface area contributed by atoms with Gasteiger partial charge in [-0.15, -0.1) is 0 Å². The highest BCUT2D eigenvalue weighted by molar-refractivity contribution is 5.75. The SMILES string of the molecule is CCCCCCC=CCCCCCCCC(=O)NCC. The zero-order valence-electron chi connectivity index (χ0n) is 13.8. The van der Waals surface area contributed by atoms with E-state index in [1.54, 1.807) is 0 Å². The lowest BCUT2D eigenvalue weighted by atomic mass is 10.1. The molecule has 1 N–H and O–H groups in total. The Kier molecular flexibility index (Phi) is 15.6. The molecule has 0 aliphatic heterocycles. The van der Waals surface area contributed by atoms with Crippen LogP contribution in [0.2, 0.25) is 0 Å². The van der Waals surface area contributed by atoms with Crippen molar-refractivity contribution in [3.8, 4) is 0 Å². The van der Waals surface area contributed by atoms with Crippen molar-refractivity contribution < 1.29 is 4.79 Å². The van der Waals surface area contributed by atoms with Crippen molar-refractivity contribution in [3.63, 3.8) is 0 Å². The lowest BCUT2D eigenvalue weighted by Crippen LogP contribution is -2.21. The van der Waals surface area contributed by atoms with Crippen molar-refractivity contribution in [2.75, 3.05) is 6.54 Å². The topological polar surface area (TPSA) is 29.1 Å². The van der Waals surface area contributed by atoms with Crippen molar-refractivity contribution in [3.05, 3.63) is 12.2 Å². The third-order valence-electron chi connectivity index (χ3n) is 3.54. The summed E-state index contributed by atoms with van der Waals surface area (Å²) >= 11 is 0. The summed E-state index contributed by atoms with van der Waals surface area (Å²) in [7, 11) is 0. The fourth-order valence-electron chi connectivity index (χ4n) is 2.29. The summed E-state index contributed by atoms with van der Waals surface area (Å²) in [6, 6.07) is 0. The molecule has 118 valence electrons. The van der Waals surface area contributed by atoms with Gasteiger partial charge in [0, 0.05) is 13.0 Å². The third-order valence-corrected chi connectivity index (χ3v) is 3.54. The molecule has 0 aromatic carbocycles. The monoisotopic (exact) mass is 281 g/mol. The van der Waals surface area contributed by atoms with E-state index in [2.05, 4.69) is 24.4 Å². The Morgan fingerprint density at radius 1 is 0.800 bits per heavy atom.